The van der Waals surface area contributed by atoms with Gasteiger partial charge in [-0.25, -0.2) is 4.98 Å². The molecule has 1 heterocycles. The summed E-state index contributed by atoms with van der Waals surface area (Å²) in [5.74, 6) is 0.754. The zero-order valence-corrected chi connectivity index (χ0v) is 22.0. The topological polar surface area (TPSA) is 143 Å². The lowest BCUT2D eigenvalue weighted by Crippen LogP contribution is -2.38. The number of rotatable bonds is 11. The van der Waals surface area contributed by atoms with Gasteiger partial charge in [0, 0.05) is 12.1 Å². The minimum Gasteiger partial charge on any atom is -0.493 e. The van der Waals surface area contributed by atoms with Crippen LogP contribution in [0.2, 0.25) is 0 Å². The fourth-order valence-corrected chi connectivity index (χ4v) is 4.23. The van der Waals surface area contributed by atoms with Crippen LogP contribution in [0.4, 0.5) is 0 Å². The van der Waals surface area contributed by atoms with Crippen molar-refractivity contribution in [1.29, 1.82) is 0 Å². The first-order valence-corrected chi connectivity index (χ1v) is 11.9. The summed E-state index contributed by atoms with van der Waals surface area (Å²) in [5.41, 5.74) is 12.8. The van der Waals surface area contributed by atoms with Crippen molar-refractivity contribution in [2.24, 2.45) is 22.8 Å². The van der Waals surface area contributed by atoms with E-state index < -0.39 is 17.4 Å². The van der Waals surface area contributed by atoms with Gasteiger partial charge < -0.3 is 30.7 Å². The Bertz CT molecular complexity index is 1240. The van der Waals surface area contributed by atoms with Gasteiger partial charge in [-0.15, -0.1) is 12.4 Å². The average molecular weight is 529 g/mol. The summed E-state index contributed by atoms with van der Waals surface area (Å²) in [4.78, 5) is 29.3. The zero-order chi connectivity index (χ0) is 25.9. The number of nitrogens with zero attached hydrogens (tertiary/aromatic N) is 1. The van der Waals surface area contributed by atoms with Gasteiger partial charge in [-0.1, -0.05) is 37.3 Å². The summed E-state index contributed by atoms with van der Waals surface area (Å²) in [6, 6.07) is 14.5. The minimum absolute atomic E-state index is 0. The third-order valence-electron chi connectivity index (χ3n) is 6.72. The van der Waals surface area contributed by atoms with Gasteiger partial charge in [-0.05, 0) is 49.4 Å². The van der Waals surface area contributed by atoms with E-state index in [2.05, 4.69) is 10.3 Å². The number of methoxy groups -OCH3 is 1. The van der Waals surface area contributed by atoms with Gasteiger partial charge in [-0.2, -0.15) is 0 Å². The molecule has 0 radical (unpaired) electrons. The molecular formula is C27H33ClN4O5. The van der Waals surface area contributed by atoms with Crippen LogP contribution in [0.5, 0.6) is 11.5 Å². The molecule has 1 aliphatic rings. The Hall–Kier alpha value is -3.56. The van der Waals surface area contributed by atoms with E-state index in [1.165, 1.54) is 0 Å². The van der Waals surface area contributed by atoms with Crippen LogP contribution in [-0.2, 0) is 11.4 Å². The molecule has 1 saturated carbocycles. The van der Waals surface area contributed by atoms with E-state index >= 15 is 0 Å². The first kappa shape index (κ1) is 28.0. The Kier molecular flexibility index (Phi) is 8.83. The third-order valence-corrected chi connectivity index (χ3v) is 6.72. The quantitative estimate of drug-likeness (QED) is 0.341. The molecule has 5 N–H and O–H groups in total. The molecule has 37 heavy (non-hydrogen) atoms. The number of nitrogens with two attached hydrogens (primary N) is 2. The van der Waals surface area contributed by atoms with E-state index in [0.717, 1.165) is 18.4 Å². The van der Waals surface area contributed by atoms with E-state index in [0.29, 0.717) is 30.2 Å². The molecule has 1 aromatic heterocycles. The van der Waals surface area contributed by atoms with E-state index in [1.807, 2.05) is 37.3 Å². The van der Waals surface area contributed by atoms with Crippen LogP contribution < -0.4 is 26.3 Å². The molecule has 0 saturated heterocycles. The maximum atomic E-state index is 13.0. The van der Waals surface area contributed by atoms with Crippen molar-refractivity contribution in [3.63, 3.8) is 0 Å². The highest BCUT2D eigenvalue weighted by Crippen LogP contribution is 2.51. The molecule has 2 aromatic carbocycles. The van der Waals surface area contributed by atoms with Crippen molar-refractivity contribution in [2.45, 2.75) is 39.3 Å². The normalized spacial score (nSPS) is 15.1. The summed E-state index contributed by atoms with van der Waals surface area (Å²) in [5, 5.41) is 2.86. The number of aromatic nitrogens is 1. The largest absolute Gasteiger partial charge is 0.493 e. The molecule has 198 valence electrons. The van der Waals surface area contributed by atoms with Crippen LogP contribution in [-0.4, -0.2) is 30.5 Å². The second kappa shape index (κ2) is 11.7. The maximum absolute atomic E-state index is 13.0. The summed E-state index contributed by atoms with van der Waals surface area (Å²) >= 11 is 0. The van der Waals surface area contributed by atoms with E-state index in [9.17, 15) is 9.59 Å². The Morgan fingerprint density at radius 2 is 1.84 bits per heavy atom. The highest BCUT2D eigenvalue weighted by Gasteiger charge is 2.52. The predicted molar refractivity (Wildman–Crippen MR) is 141 cm³/mol. The van der Waals surface area contributed by atoms with Crippen LogP contribution in [0.15, 0.2) is 52.9 Å². The monoisotopic (exact) mass is 528 g/mol. The number of primary amides is 1. The zero-order valence-electron chi connectivity index (χ0n) is 21.2. The Labute approximate surface area is 222 Å². The first-order chi connectivity index (χ1) is 17.2. The number of oxazole rings is 1. The van der Waals surface area contributed by atoms with E-state index in [4.69, 9.17) is 25.4 Å². The van der Waals surface area contributed by atoms with Crippen molar-refractivity contribution in [2.75, 3.05) is 13.7 Å². The summed E-state index contributed by atoms with van der Waals surface area (Å²) in [6.07, 6.45) is 1.48. The molecule has 3 aromatic rings. The molecule has 0 spiro atoms. The van der Waals surface area contributed by atoms with Crippen LogP contribution in [0.25, 0.3) is 11.5 Å². The van der Waals surface area contributed by atoms with Crippen LogP contribution in [0.3, 0.4) is 0 Å². The predicted octanol–water partition coefficient (Wildman–Crippen LogP) is 4.00. The van der Waals surface area contributed by atoms with Gasteiger partial charge in [0.1, 0.15) is 6.61 Å². The van der Waals surface area contributed by atoms with Gasteiger partial charge in [0.05, 0.1) is 18.6 Å². The van der Waals surface area contributed by atoms with Gasteiger partial charge in [0.25, 0.3) is 5.91 Å². The molecule has 4 rings (SSSR count). The Morgan fingerprint density at radius 1 is 1.14 bits per heavy atom. The smallest absolute Gasteiger partial charge is 0.273 e. The molecule has 2 amide bonds. The number of benzene rings is 2. The number of carbonyl (C=O) groups excluding carboxylic acids is 2. The van der Waals surface area contributed by atoms with Gasteiger partial charge >= 0.3 is 0 Å². The van der Waals surface area contributed by atoms with E-state index in [-0.39, 0.29) is 41.6 Å². The molecule has 9 nitrogen and oxygen atoms in total. The number of ether oxygens (including phenoxy) is 2. The minimum atomic E-state index is -0.558. The van der Waals surface area contributed by atoms with Crippen molar-refractivity contribution in [3.8, 4) is 23.0 Å². The van der Waals surface area contributed by atoms with Crippen molar-refractivity contribution >= 4 is 24.2 Å². The number of nitrogens with one attached hydrogen (secondary N) is 1. The van der Waals surface area contributed by atoms with Crippen LogP contribution in [0, 0.1) is 11.3 Å². The third kappa shape index (κ3) is 6.06. The second-order valence-corrected chi connectivity index (χ2v) is 9.29. The van der Waals surface area contributed by atoms with Crippen molar-refractivity contribution < 1.29 is 23.5 Å². The molecule has 0 bridgehead atoms. The van der Waals surface area contributed by atoms with Crippen molar-refractivity contribution in [1.82, 2.24) is 10.3 Å². The fraction of sp³-hybridized carbons (Fsp3) is 0.370. The number of hydrogen-bond acceptors (Lipinski definition) is 7. The SMILES string of the molecule is COc1ccc(-c2nc(C(=O)NC[C@H](C)C3(C(N)=O)CC3)c([C@H](C)N)o2)cc1OCc1ccccc1.Cl. The maximum Gasteiger partial charge on any atom is 0.273 e. The molecule has 1 fully saturated rings. The highest BCUT2D eigenvalue weighted by molar-refractivity contribution is 5.94. The van der Waals surface area contributed by atoms with E-state index in [1.54, 1.807) is 32.2 Å². The molecule has 2 atom stereocenters. The Balaban J connectivity index is 0.00000380. The van der Waals surface area contributed by atoms with Crippen LogP contribution in [0.1, 0.15) is 54.5 Å². The Morgan fingerprint density at radius 3 is 2.43 bits per heavy atom. The van der Waals surface area contributed by atoms with Gasteiger partial charge in [-0.3, -0.25) is 9.59 Å². The molecular weight excluding hydrogens is 496 g/mol. The molecule has 0 unspecified atom stereocenters. The molecule has 1 aliphatic carbocycles. The summed E-state index contributed by atoms with van der Waals surface area (Å²) in [7, 11) is 1.57. The molecule has 10 heteroatoms. The number of amides is 2. The average Bonchev–Trinajstić information content (AvgIpc) is 3.58. The second-order valence-electron chi connectivity index (χ2n) is 9.29. The first-order valence-electron chi connectivity index (χ1n) is 11.9. The standard InChI is InChI=1S/C27H32N4O5.ClH/c1-16(27(11-12-27)26(29)33)14-30-24(32)22-23(17(2)28)36-25(31-22)19-9-10-20(34-3)21(13-19)35-15-18-7-5-4-6-8-18;/h4-10,13,16-17H,11-12,14-15,28H2,1-3H3,(H2,29,33)(H,30,32);1H/t16-,17-;/m0./s1. The highest BCUT2D eigenvalue weighted by atomic mass is 35.5. The summed E-state index contributed by atoms with van der Waals surface area (Å²) in [6.45, 7) is 4.28. The van der Waals surface area contributed by atoms with Gasteiger partial charge in [0.2, 0.25) is 11.8 Å². The number of halogens is 1. The number of carbonyl (C=O) groups is 2. The number of hydrogen-bond donors (Lipinski definition) is 3. The van der Waals surface area contributed by atoms with Crippen molar-refractivity contribution in [3.05, 3.63) is 65.5 Å². The lowest BCUT2D eigenvalue weighted by molar-refractivity contribution is -0.124. The lowest BCUT2D eigenvalue weighted by atomic mass is 9.90. The van der Waals surface area contributed by atoms with Crippen LogP contribution >= 0.6 is 12.4 Å². The lowest BCUT2D eigenvalue weighted by Gasteiger charge is -2.20. The fourth-order valence-electron chi connectivity index (χ4n) is 4.23. The summed E-state index contributed by atoms with van der Waals surface area (Å²) < 4.78 is 17.4. The van der Waals surface area contributed by atoms with Gasteiger partial charge in [0.15, 0.2) is 23.0 Å². The molecule has 0 aliphatic heterocycles.